The van der Waals surface area contributed by atoms with Crippen LogP contribution >= 0.6 is 0 Å². The van der Waals surface area contributed by atoms with Gasteiger partial charge in [0.1, 0.15) is 6.61 Å². The van der Waals surface area contributed by atoms with E-state index < -0.39 is 6.03 Å². The minimum absolute atomic E-state index is 0.0387. The minimum Gasteiger partial charge on any atom is -0.461 e. The lowest BCUT2D eigenvalue weighted by molar-refractivity contribution is -0.142. The lowest BCUT2D eigenvalue weighted by Gasteiger charge is -2.26. The Morgan fingerprint density at radius 2 is 1.81 bits per heavy atom. The fraction of sp³-hybridized carbons (Fsp3) is 0.591. The fourth-order valence-corrected chi connectivity index (χ4v) is 3.07. The third-order valence-electron chi connectivity index (χ3n) is 4.70. The molecular weight excluding hydrogens is 398 g/mol. The molecule has 0 saturated carbocycles. The maximum absolute atomic E-state index is 12.8. The number of amides is 3. The number of ether oxygens (including phenoxy) is 1. The first kappa shape index (κ1) is 26.2. The van der Waals surface area contributed by atoms with Gasteiger partial charge in [0, 0.05) is 31.7 Å². The number of likely N-dealkylation sites (N-methyl/N-ethyl adjacent to an activating group) is 1. The summed E-state index contributed by atoms with van der Waals surface area (Å²) in [5.74, 6) is -0.193. The van der Waals surface area contributed by atoms with E-state index in [0.29, 0.717) is 32.5 Å². The molecule has 0 radical (unpaired) electrons. The number of benzene rings is 1. The van der Waals surface area contributed by atoms with E-state index in [1.165, 1.54) is 6.92 Å². The second-order valence-corrected chi connectivity index (χ2v) is 7.78. The van der Waals surface area contributed by atoms with Crippen LogP contribution in [0.4, 0.5) is 10.5 Å². The SMILES string of the molecule is CCN[C@@H](C(=O)N[C@H](CCCNC(N)=O)CNc1ccc(COC(C)=O)cc1)C(C)C. The minimum atomic E-state index is -0.556. The van der Waals surface area contributed by atoms with Gasteiger partial charge in [0.05, 0.1) is 6.04 Å². The van der Waals surface area contributed by atoms with Crippen LogP contribution in [0.25, 0.3) is 0 Å². The molecule has 0 unspecified atom stereocenters. The summed E-state index contributed by atoms with van der Waals surface area (Å²) in [5, 5.41) is 12.3. The van der Waals surface area contributed by atoms with Crippen molar-refractivity contribution in [1.29, 1.82) is 0 Å². The first-order chi connectivity index (χ1) is 14.7. The van der Waals surface area contributed by atoms with Crippen LogP contribution in [0, 0.1) is 5.92 Å². The quantitative estimate of drug-likeness (QED) is 0.223. The second-order valence-electron chi connectivity index (χ2n) is 7.78. The van der Waals surface area contributed by atoms with Crippen LogP contribution in [0.2, 0.25) is 0 Å². The molecule has 0 saturated heterocycles. The van der Waals surface area contributed by atoms with Crippen LogP contribution in [-0.2, 0) is 20.9 Å². The molecule has 2 atom stereocenters. The van der Waals surface area contributed by atoms with E-state index in [2.05, 4.69) is 21.3 Å². The van der Waals surface area contributed by atoms with Crippen molar-refractivity contribution in [2.75, 3.05) is 25.0 Å². The smallest absolute Gasteiger partial charge is 0.312 e. The summed E-state index contributed by atoms with van der Waals surface area (Å²) in [4.78, 5) is 34.6. The van der Waals surface area contributed by atoms with Crippen molar-refractivity contribution in [2.45, 2.75) is 59.2 Å². The zero-order valence-corrected chi connectivity index (χ0v) is 19.0. The molecule has 0 aromatic heterocycles. The van der Waals surface area contributed by atoms with Crippen molar-refractivity contribution < 1.29 is 19.1 Å². The van der Waals surface area contributed by atoms with Crippen LogP contribution in [0.1, 0.15) is 46.1 Å². The number of nitrogens with one attached hydrogen (secondary N) is 4. The molecule has 0 heterocycles. The topological polar surface area (TPSA) is 135 Å². The van der Waals surface area contributed by atoms with Gasteiger partial charge in [-0.25, -0.2) is 4.79 Å². The van der Waals surface area contributed by atoms with Gasteiger partial charge in [-0.1, -0.05) is 32.9 Å². The average molecular weight is 436 g/mol. The van der Waals surface area contributed by atoms with E-state index in [1.54, 1.807) is 0 Å². The van der Waals surface area contributed by atoms with Crippen molar-refractivity contribution in [3.63, 3.8) is 0 Å². The molecule has 0 aliphatic heterocycles. The Kier molecular flexibility index (Phi) is 12.0. The highest BCUT2D eigenvalue weighted by atomic mass is 16.5. The molecule has 9 nitrogen and oxygen atoms in total. The number of primary amides is 1. The maximum Gasteiger partial charge on any atom is 0.312 e. The maximum atomic E-state index is 12.8. The van der Waals surface area contributed by atoms with E-state index in [4.69, 9.17) is 10.5 Å². The summed E-state index contributed by atoms with van der Waals surface area (Å²) < 4.78 is 4.99. The van der Waals surface area contributed by atoms with Gasteiger partial charge < -0.3 is 31.7 Å². The van der Waals surface area contributed by atoms with E-state index in [1.807, 2.05) is 45.0 Å². The lowest BCUT2D eigenvalue weighted by Crippen LogP contribution is -2.51. The van der Waals surface area contributed by atoms with Gasteiger partial charge in [-0.3, -0.25) is 9.59 Å². The van der Waals surface area contributed by atoms with Crippen molar-refractivity contribution >= 4 is 23.6 Å². The van der Waals surface area contributed by atoms with Gasteiger partial charge in [0.25, 0.3) is 0 Å². The largest absolute Gasteiger partial charge is 0.461 e. The Morgan fingerprint density at radius 3 is 2.35 bits per heavy atom. The standard InChI is InChI=1S/C22H37N5O4/c1-5-24-20(15(2)3)21(29)27-19(7-6-12-25-22(23)30)13-26-18-10-8-17(9-11-18)14-31-16(4)28/h8-11,15,19-20,24,26H,5-7,12-14H2,1-4H3,(H,27,29)(H3,23,25,30)/t19-,20-/m1/s1. The first-order valence-corrected chi connectivity index (χ1v) is 10.8. The number of nitrogens with two attached hydrogens (primary N) is 1. The van der Waals surface area contributed by atoms with Gasteiger partial charge in [-0.15, -0.1) is 0 Å². The van der Waals surface area contributed by atoms with E-state index >= 15 is 0 Å². The zero-order valence-electron chi connectivity index (χ0n) is 19.0. The van der Waals surface area contributed by atoms with Gasteiger partial charge in [-0.05, 0) is 43.0 Å². The Bertz CT molecular complexity index is 694. The Hall–Kier alpha value is -2.81. The third kappa shape index (κ3) is 11.2. The molecule has 174 valence electrons. The van der Waals surface area contributed by atoms with Crippen LogP contribution in [0.3, 0.4) is 0 Å². The predicted molar refractivity (Wildman–Crippen MR) is 121 cm³/mol. The van der Waals surface area contributed by atoms with Crippen molar-refractivity contribution in [3.8, 4) is 0 Å². The van der Waals surface area contributed by atoms with Gasteiger partial charge >= 0.3 is 12.0 Å². The number of esters is 1. The Morgan fingerprint density at radius 1 is 1.13 bits per heavy atom. The third-order valence-corrected chi connectivity index (χ3v) is 4.70. The van der Waals surface area contributed by atoms with Crippen molar-refractivity contribution in [1.82, 2.24) is 16.0 Å². The van der Waals surface area contributed by atoms with Gasteiger partial charge in [-0.2, -0.15) is 0 Å². The summed E-state index contributed by atoms with van der Waals surface area (Å²) in [6.45, 7) is 9.30. The normalized spacial score (nSPS) is 12.7. The number of carbonyl (C=O) groups is 3. The molecule has 0 bridgehead atoms. The predicted octanol–water partition coefficient (Wildman–Crippen LogP) is 1.73. The Balaban J connectivity index is 2.68. The van der Waals surface area contributed by atoms with Crippen molar-refractivity contribution in [3.05, 3.63) is 29.8 Å². The number of anilines is 1. The summed E-state index contributed by atoms with van der Waals surface area (Å²) >= 11 is 0. The molecule has 1 aromatic rings. The van der Waals surface area contributed by atoms with Gasteiger partial charge in [0.15, 0.2) is 0 Å². The van der Waals surface area contributed by atoms with E-state index in [9.17, 15) is 14.4 Å². The number of rotatable bonds is 14. The molecule has 3 amide bonds. The number of hydrogen-bond acceptors (Lipinski definition) is 6. The molecule has 9 heteroatoms. The van der Waals surface area contributed by atoms with Crippen LogP contribution in [-0.4, -0.2) is 49.6 Å². The van der Waals surface area contributed by atoms with E-state index in [0.717, 1.165) is 11.3 Å². The van der Waals surface area contributed by atoms with E-state index in [-0.39, 0.29) is 36.5 Å². The highest BCUT2D eigenvalue weighted by Gasteiger charge is 2.23. The lowest BCUT2D eigenvalue weighted by atomic mass is 10.0. The summed E-state index contributed by atoms with van der Waals surface area (Å²) in [5.41, 5.74) is 6.91. The number of hydrogen-bond donors (Lipinski definition) is 5. The average Bonchev–Trinajstić information content (AvgIpc) is 2.71. The molecule has 6 N–H and O–H groups in total. The first-order valence-electron chi connectivity index (χ1n) is 10.8. The summed E-state index contributed by atoms with van der Waals surface area (Å²) in [6.07, 6.45) is 1.37. The molecule has 0 aliphatic carbocycles. The highest BCUT2D eigenvalue weighted by molar-refractivity contribution is 5.82. The summed E-state index contributed by atoms with van der Waals surface area (Å²) in [7, 11) is 0. The molecule has 31 heavy (non-hydrogen) atoms. The fourth-order valence-electron chi connectivity index (χ4n) is 3.07. The molecule has 1 rings (SSSR count). The molecule has 0 spiro atoms. The number of urea groups is 1. The highest BCUT2D eigenvalue weighted by Crippen LogP contribution is 2.12. The van der Waals surface area contributed by atoms with Crippen LogP contribution in [0.15, 0.2) is 24.3 Å². The molecule has 0 aliphatic rings. The number of carbonyl (C=O) groups excluding carboxylic acids is 3. The van der Waals surface area contributed by atoms with Crippen LogP contribution < -0.4 is 27.0 Å². The van der Waals surface area contributed by atoms with Gasteiger partial charge in [0.2, 0.25) is 5.91 Å². The zero-order chi connectivity index (χ0) is 23.2. The summed E-state index contributed by atoms with van der Waals surface area (Å²) in [6, 6.07) is 6.63. The van der Waals surface area contributed by atoms with Crippen LogP contribution in [0.5, 0.6) is 0 Å². The monoisotopic (exact) mass is 435 g/mol. The molecule has 1 aromatic carbocycles. The molecule has 0 fully saturated rings. The Labute approximate surface area is 184 Å². The van der Waals surface area contributed by atoms with Crippen molar-refractivity contribution in [2.24, 2.45) is 11.7 Å². The molecular formula is C22H37N5O4. The second kappa shape index (κ2) is 14.2.